The largest absolute Gasteiger partial charge is 0.504 e. The third-order valence-electron chi connectivity index (χ3n) is 2.29. The molecule has 0 amide bonds. The van der Waals surface area contributed by atoms with Crippen molar-refractivity contribution in [2.24, 2.45) is 0 Å². The Hall–Kier alpha value is -2.21. The summed E-state index contributed by atoms with van der Waals surface area (Å²) >= 11 is 5.93. The van der Waals surface area contributed by atoms with Gasteiger partial charge in [0.2, 0.25) is 0 Å². The zero-order valence-electron chi connectivity index (χ0n) is 9.18. The van der Waals surface area contributed by atoms with Crippen LogP contribution in [0.15, 0.2) is 22.7 Å². The summed E-state index contributed by atoms with van der Waals surface area (Å²) in [4.78, 5) is 10.7. The maximum atomic E-state index is 10.7. The Morgan fingerprint density at radius 3 is 2.78 bits per heavy atom. The molecule has 1 heterocycles. The molecule has 0 fully saturated rings. The molecule has 0 aliphatic heterocycles. The molecule has 0 saturated carbocycles. The van der Waals surface area contributed by atoms with E-state index >= 15 is 0 Å². The summed E-state index contributed by atoms with van der Waals surface area (Å²) in [6.07, 6.45) is 0. The number of aromatic nitrogens is 1. The first-order chi connectivity index (χ1) is 8.54. The van der Waals surface area contributed by atoms with Gasteiger partial charge < -0.3 is 19.5 Å². The number of carbonyl (C=O) groups is 1. The highest BCUT2D eigenvalue weighted by molar-refractivity contribution is 6.33. The molecule has 18 heavy (non-hydrogen) atoms. The van der Waals surface area contributed by atoms with Crippen LogP contribution in [0.5, 0.6) is 11.5 Å². The Kier molecular flexibility index (Phi) is 3.12. The Morgan fingerprint density at radius 2 is 2.22 bits per heavy atom. The van der Waals surface area contributed by atoms with Crippen LogP contribution in [-0.4, -0.2) is 28.4 Å². The van der Waals surface area contributed by atoms with Gasteiger partial charge in [-0.1, -0.05) is 16.8 Å². The zero-order valence-corrected chi connectivity index (χ0v) is 9.93. The van der Waals surface area contributed by atoms with Gasteiger partial charge in [-0.3, -0.25) is 0 Å². The zero-order chi connectivity index (χ0) is 13.3. The van der Waals surface area contributed by atoms with Gasteiger partial charge in [-0.2, -0.15) is 0 Å². The highest BCUT2D eigenvalue weighted by Crippen LogP contribution is 2.42. The molecule has 0 unspecified atom stereocenters. The van der Waals surface area contributed by atoms with Crippen LogP contribution in [0.25, 0.3) is 11.3 Å². The van der Waals surface area contributed by atoms with E-state index in [0.717, 1.165) is 0 Å². The van der Waals surface area contributed by atoms with E-state index in [1.807, 2.05) is 0 Å². The van der Waals surface area contributed by atoms with Crippen molar-refractivity contribution >= 4 is 17.6 Å². The molecule has 2 aromatic rings. The number of phenols is 1. The first kappa shape index (κ1) is 12.3. The van der Waals surface area contributed by atoms with Crippen molar-refractivity contribution in [3.05, 3.63) is 28.9 Å². The topological polar surface area (TPSA) is 92.8 Å². The molecule has 1 aromatic heterocycles. The number of aromatic hydroxyl groups is 1. The molecule has 2 rings (SSSR count). The Labute approximate surface area is 106 Å². The van der Waals surface area contributed by atoms with Crippen molar-refractivity contribution in [2.45, 2.75) is 0 Å². The molecule has 0 spiro atoms. The number of ether oxygens (including phenoxy) is 1. The molecule has 1 aromatic carbocycles. The van der Waals surface area contributed by atoms with Gasteiger partial charge in [0.1, 0.15) is 0 Å². The number of halogens is 1. The van der Waals surface area contributed by atoms with E-state index in [2.05, 4.69) is 5.16 Å². The van der Waals surface area contributed by atoms with Crippen LogP contribution in [0.2, 0.25) is 5.02 Å². The SMILES string of the molecule is COc1ccc(Cl)c(-c2cc(C(=O)O)no2)c1O. The molecule has 0 atom stereocenters. The monoisotopic (exact) mass is 269 g/mol. The molecule has 0 aliphatic carbocycles. The summed E-state index contributed by atoms with van der Waals surface area (Å²) in [5.41, 5.74) is -0.140. The number of nitrogens with zero attached hydrogens (tertiary/aromatic N) is 1. The lowest BCUT2D eigenvalue weighted by atomic mass is 10.1. The maximum Gasteiger partial charge on any atom is 0.358 e. The van der Waals surface area contributed by atoms with Crippen molar-refractivity contribution in [1.82, 2.24) is 5.16 Å². The van der Waals surface area contributed by atoms with Gasteiger partial charge in [-0.25, -0.2) is 4.79 Å². The van der Waals surface area contributed by atoms with Gasteiger partial charge >= 0.3 is 5.97 Å². The lowest BCUT2D eigenvalue weighted by Gasteiger charge is -2.07. The van der Waals surface area contributed by atoms with Crippen LogP contribution in [0.3, 0.4) is 0 Å². The highest BCUT2D eigenvalue weighted by Gasteiger charge is 2.20. The Bertz CT molecular complexity index is 607. The van der Waals surface area contributed by atoms with Gasteiger partial charge in [0, 0.05) is 6.07 Å². The summed E-state index contributed by atoms with van der Waals surface area (Å²) in [5, 5.41) is 22.2. The lowest BCUT2D eigenvalue weighted by molar-refractivity contribution is 0.0686. The van der Waals surface area contributed by atoms with E-state index < -0.39 is 5.97 Å². The van der Waals surface area contributed by atoms with Gasteiger partial charge in [-0.05, 0) is 12.1 Å². The summed E-state index contributed by atoms with van der Waals surface area (Å²) in [6.45, 7) is 0. The normalized spacial score (nSPS) is 10.3. The minimum atomic E-state index is -1.23. The molecule has 0 saturated heterocycles. The smallest absolute Gasteiger partial charge is 0.358 e. The fourth-order valence-corrected chi connectivity index (χ4v) is 1.69. The van der Waals surface area contributed by atoms with Crippen molar-refractivity contribution in [3.63, 3.8) is 0 Å². The predicted octanol–water partition coefficient (Wildman–Crippen LogP) is 2.41. The summed E-state index contributed by atoms with van der Waals surface area (Å²) in [5.74, 6) is -1.22. The average Bonchev–Trinajstić information content (AvgIpc) is 2.79. The van der Waals surface area contributed by atoms with Crippen LogP contribution in [0.1, 0.15) is 10.5 Å². The van der Waals surface area contributed by atoms with Crippen LogP contribution < -0.4 is 4.74 Å². The van der Waals surface area contributed by atoms with Crippen molar-refractivity contribution in [2.75, 3.05) is 7.11 Å². The first-order valence-corrected chi connectivity index (χ1v) is 5.18. The van der Waals surface area contributed by atoms with Gasteiger partial charge in [0.05, 0.1) is 17.7 Å². The number of hydrogen-bond acceptors (Lipinski definition) is 5. The summed E-state index contributed by atoms with van der Waals surface area (Å²) in [7, 11) is 1.38. The minimum absolute atomic E-state index is 0.0498. The molecular weight excluding hydrogens is 262 g/mol. The second-order valence-corrected chi connectivity index (χ2v) is 3.76. The maximum absolute atomic E-state index is 10.7. The highest BCUT2D eigenvalue weighted by atomic mass is 35.5. The van der Waals surface area contributed by atoms with E-state index in [1.165, 1.54) is 25.3 Å². The van der Waals surface area contributed by atoms with E-state index in [-0.39, 0.29) is 33.5 Å². The number of methoxy groups -OCH3 is 1. The standard InChI is InChI=1S/C11H8ClNO5/c1-17-7-3-2-5(12)9(10(7)14)8-4-6(11(15)16)13-18-8/h2-4,14H,1H3,(H,15,16). The average molecular weight is 270 g/mol. The number of benzene rings is 1. The van der Waals surface area contributed by atoms with Crippen LogP contribution in [-0.2, 0) is 0 Å². The summed E-state index contributed by atoms with van der Waals surface area (Å²) < 4.78 is 9.77. The van der Waals surface area contributed by atoms with E-state index in [1.54, 1.807) is 0 Å². The number of aromatic carboxylic acids is 1. The van der Waals surface area contributed by atoms with E-state index in [0.29, 0.717) is 0 Å². The molecule has 0 bridgehead atoms. The van der Waals surface area contributed by atoms with Crippen molar-refractivity contribution < 1.29 is 24.3 Å². The molecule has 2 N–H and O–H groups in total. The second-order valence-electron chi connectivity index (χ2n) is 3.35. The Morgan fingerprint density at radius 1 is 1.50 bits per heavy atom. The molecule has 0 aliphatic rings. The number of carboxylic acids is 1. The molecule has 0 radical (unpaired) electrons. The number of hydrogen-bond donors (Lipinski definition) is 2. The van der Waals surface area contributed by atoms with Crippen LogP contribution >= 0.6 is 11.6 Å². The third-order valence-corrected chi connectivity index (χ3v) is 2.60. The summed E-state index contributed by atoms with van der Waals surface area (Å²) in [6, 6.07) is 4.15. The van der Waals surface area contributed by atoms with Gasteiger partial charge in [0.25, 0.3) is 0 Å². The third kappa shape index (κ3) is 1.98. The molecular formula is C11H8ClNO5. The lowest BCUT2D eigenvalue weighted by Crippen LogP contribution is -1.94. The van der Waals surface area contributed by atoms with Crippen LogP contribution in [0, 0.1) is 0 Å². The van der Waals surface area contributed by atoms with Crippen molar-refractivity contribution in [3.8, 4) is 22.8 Å². The van der Waals surface area contributed by atoms with Crippen LogP contribution in [0.4, 0.5) is 0 Å². The van der Waals surface area contributed by atoms with E-state index in [9.17, 15) is 9.90 Å². The molecule has 7 heteroatoms. The van der Waals surface area contributed by atoms with Crippen molar-refractivity contribution in [1.29, 1.82) is 0 Å². The van der Waals surface area contributed by atoms with Gasteiger partial charge in [0.15, 0.2) is 23.0 Å². The fraction of sp³-hybridized carbons (Fsp3) is 0.0909. The molecule has 6 nitrogen and oxygen atoms in total. The van der Waals surface area contributed by atoms with Gasteiger partial charge in [-0.15, -0.1) is 0 Å². The Balaban J connectivity index is 2.58. The fourth-order valence-electron chi connectivity index (χ4n) is 1.44. The number of carboxylic acid groups (broad SMARTS) is 1. The van der Waals surface area contributed by atoms with E-state index in [4.69, 9.17) is 26.0 Å². The molecule has 94 valence electrons. The minimum Gasteiger partial charge on any atom is -0.504 e. The quantitative estimate of drug-likeness (QED) is 0.889. The number of phenolic OH excluding ortho intramolecular Hbond substituents is 1. The number of rotatable bonds is 3. The predicted molar refractivity (Wildman–Crippen MR) is 62.1 cm³/mol. The second kappa shape index (κ2) is 4.58. The first-order valence-electron chi connectivity index (χ1n) is 4.80.